The molecule has 0 bridgehead atoms. The molecule has 1 rings (SSSR count). The lowest BCUT2D eigenvalue weighted by molar-refractivity contribution is 0.390. The fourth-order valence-corrected chi connectivity index (χ4v) is 1.53. The summed E-state index contributed by atoms with van der Waals surface area (Å²) >= 11 is 0. The van der Waals surface area contributed by atoms with Crippen LogP contribution in [0.1, 0.15) is 19.4 Å². The SMILES string of the molecule is COc1ncccc1CNCCNCC(C)C. The Morgan fingerprint density at radius 3 is 2.76 bits per heavy atom. The lowest BCUT2D eigenvalue weighted by Gasteiger charge is -2.10. The molecule has 0 spiro atoms. The Morgan fingerprint density at radius 1 is 1.29 bits per heavy atom. The lowest BCUT2D eigenvalue weighted by atomic mass is 10.2. The summed E-state index contributed by atoms with van der Waals surface area (Å²) in [6.45, 7) is 8.21. The maximum atomic E-state index is 5.19. The van der Waals surface area contributed by atoms with Gasteiger partial charge in [0.1, 0.15) is 0 Å². The van der Waals surface area contributed by atoms with Crippen LogP contribution in [0.15, 0.2) is 18.3 Å². The molecule has 1 aromatic heterocycles. The first kappa shape index (κ1) is 13.9. The normalized spacial score (nSPS) is 10.8. The van der Waals surface area contributed by atoms with Crippen molar-refractivity contribution in [2.45, 2.75) is 20.4 Å². The second-order valence-corrected chi connectivity index (χ2v) is 4.45. The molecule has 0 aromatic carbocycles. The summed E-state index contributed by atoms with van der Waals surface area (Å²) in [7, 11) is 1.65. The molecule has 0 saturated heterocycles. The minimum atomic E-state index is 0.702. The smallest absolute Gasteiger partial charge is 0.217 e. The van der Waals surface area contributed by atoms with Gasteiger partial charge in [0.2, 0.25) is 5.88 Å². The highest BCUT2D eigenvalue weighted by Gasteiger charge is 2.01. The molecule has 0 unspecified atom stereocenters. The Hall–Kier alpha value is -1.13. The van der Waals surface area contributed by atoms with Crippen molar-refractivity contribution in [1.82, 2.24) is 15.6 Å². The highest BCUT2D eigenvalue weighted by atomic mass is 16.5. The van der Waals surface area contributed by atoms with Crippen molar-refractivity contribution in [2.75, 3.05) is 26.7 Å². The van der Waals surface area contributed by atoms with Gasteiger partial charge in [-0.2, -0.15) is 0 Å². The highest BCUT2D eigenvalue weighted by Crippen LogP contribution is 2.12. The maximum absolute atomic E-state index is 5.19. The summed E-state index contributed by atoms with van der Waals surface area (Å²) in [5, 5.41) is 6.76. The van der Waals surface area contributed by atoms with E-state index in [1.165, 1.54) is 0 Å². The summed E-state index contributed by atoms with van der Waals surface area (Å²) in [5.74, 6) is 1.41. The van der Waals surface area contributed by atoms with Crippen LogP contribution in [0.3, 0.4) is 0 Å². The molecular weight excluding hydrogens is 214 g/mol. The van der Waals surface area contributed by atoms with Gasteiger partial charge in [0.05, 0.1) is 7.11 Å². The van der Waals surface area contributed by atoms with Crippen LogP contribution in [0.5, 0.6) is 5.88 Å². The molecule has 0 aliphatic carbocycles. The Kier molecular flexibility index (Phi) is 6.58. The molecule has 0 aliphatic rings. The number of nitrogens with zero attached hydrogens (tertiary/aromatic N) is 1. The van der Waals surface area contributed by atoms with E-state index in [9.17, 15) is 0 Å². The van der Waals surface area contributed by atoms with Gasteiger partial charge in [0.15, 0.2) is 0 Å². The van der Waals surface area contributed by atoms with Gasteiger partial charge in [-0.25, -0.2) is 4.98 Å². The standard InChI is InChI=1S/C13H23N3O/c1-11(2)9-14-7-8-15-10-12-5-4-6-16-13(12)17-3/h4-6,11,14-15H,7-10H2,1-3H3. The first-order valence-corrected chi connectivity index (χ1v) is 6.13. The van der Waals surface area contributed by atoms with E-state index in [-0.39, 0.29) is 0 Å². The number of methoxy groups -OCH3 is 1. The first-order chi connectivity index (χ1) is 8.24. The fourth-order valence-electron chi connectivity index (χ4n) is 1.53. The van der Waals surface area contributed by atoms with E-state index in [1.807, 2.05) is 12.1 Å². The zero-order valence-electron chi connectivity index (χ0n) is 11.0. The van der Waals surface area contributed by atoms with Crippen LogP contribution < -0.4 is 15.4 Å². The van der Waals surface area contributed by atoms with Crippen molar-refractivity contribution in [1.29, 1.82) is 0 Å². The van der Waals surface area contributed by atoms with Gasteiger partial charge in [0, 0.05) is 31.4 Å². The molecule has 1 heterocycles. The fraction of sp³-hybridized carbons (Fsp3) is 0.615. The van der Waals surface area contributed by atoms with Crippen LogP contribution in [0.25, 0.3) is 0 Å². The average Bonchev–Trinajstić information content (AvgIpc) is 2.33. The third kappa shape index (κ3) is 5.65. The largest absolute Gasteiger partial charge is 0.481 e. The molecule has 0 amide bonds. The number of ether oxygens (including phenoxy) is 1. The van der Waals surface area contributed by atoms with E-state index in [0.29, 0.717) is 11.8 Å². The third-order valence-electron chi connectivity index (χ3n) is 2.39. The topological polar surface area (TPSA) is 46.2 Å². The first-order valence-electron chi connectivity index (χ1n) is 6.13. The van der Waals surface area contributed by atoms with Crippen LogP contribution in [-0.2, 0) is 6.54 Å². The summed E-state index contributed by atoms with van der Waals surface area (Å²) in [6, 6.07) is 3.96. The highest BCUT2D eigenvalue weighted by molar-refractivity contribution is 5.24. The number of hydrogen-bond donors (Lipinski definition) is 2. The Labute approximate surface area is 104 Å². The van der Waals surface area contributed by atoms with Gasteiger partial charge in [-0.05, 0) is 18.5 Å². The molecule has 0 saturated carbocycles. The molecule has 0 fully saturated rings. The van der Waals surface area contributed by atoms with Crippen LogP contribution in [0.2, 0.25) is 0 Å². The molecule has 0 atom stereocenters. The summed E-state index contributed by atoms with van der Waals surface area (Å²) < 4.78 is 5.19. The molecule has 96 valence electrons. The molecule has 0 aliphatic heterocycles. The molecule has 17 heavy (non-hydrogen) atoms. The Balaban J connectivity index is 2.17. The number of aromatic nitrogens is 1. The van der Waals surface area contributed by atoms with Crippen molar-refractivity contribution >= 4 is 0 Å². The van der Waals surface area contributed by atoms with Crippen molar-refractivity contribution in [3.05, 3.63) is 23.9 Å². The summed E-state index contributed by atoms with van der Waals surface area (Å²) in [6.07, 6.45) is 1.74. The number of pyridine rings is 1. The van der Waals surface area contributed by atoms with Gasteiger partial charge >= 0.3 is 0 Å². The summed E-state index contributed by atoms with van der Waals surface area (Å²) in [4.78, 5) is 4.16. The van der Waals surface area contributed by atoms with E-state index in [4.69, 9.17) is 4.74 Å². The molecule has 0 radical (unpaired) electrons. The monoisotopic (exact) mass is 237 g/mol. The minimum absolute atomic E-state index is 0.702. The number of rotatable bonds is 8. The van der Waals surface area contributed by atoms with Gasteiger partial charge in [0.25, 0.3) is 0 Å². The van der Waals surface area contributed by atoms with Crippen molar-refractivity contribution < 1.29 is 4.74 Å². The van der Waals surface area contributed by atoms with Crippen molar-refractivity contribution in [2.24, 2.45) is 5.92 Å². The van der Waals surface area contributed by atoms with Crippen LogP contribution in [0, 0.1) is 5.92 Å². The van der Waals surface area contributed by atoms with Gasteiger partial charge in [-0.15, -0.1) is 0 Å². The molecule has 4 nitrogen and oxygen atoms in total. The average molecular weight is 237 g/mol. The van der Waals surface area contributed by atoms with E-state index in [1.54, 1.807) is 13.3 Å². The van der Waals surface area contributed by atoms with Crippen LogP contribution in [-0.4, -0.2) is 31.7 Å². The second kappa shape index (κ2) is 8.03. The van der Waals surface area contributed by atoms with Crippen LogP contribution in [0.4, 0.5) is 0 Å². The van der Waals surface area contributed by atoms with Crippen molar-refractivity contribution in [3.8, 4) is 5.88 Å². The number of hydrogen-bond acceptors (Lipinski definition) is 4. The molecule has 1 aromatic rings. The van der Waals surface area contributed by atoms with Gasteiger partial charge < -0.3 is 15.4 Å². The van der Waals surface area contributed by atoms with E-state index in [0.717, 1.165) is 31.7 Å². The van der Waals surface area contributed by atoms with E-state index >= 15 is 0 Å². The maximum Gasteiger partial charge on any atom is 0.217 e. The number of nitrogens with one attached hydrogen (secondary N) is 2. The summed E-state index contributed by atoms with van der Waals surface area (Å²) in [5.41, 5.74) is 1.10. The van der Waals surface area contributed by atoms with Gasteiger partial charge in [-0.3, -0.25) is 0 Å². The molecule has 2 N–H and O–H groups in total. The molecule has 4 heteroatoms. The van der Waals surface area contributed by atoms with Crippen LogP contribution >= 0.6 is 0 Å². The Bertz CT molecular complexity index is 315. The lowest BCUT2D eigenvalue weighted by Crippen LogP contribution is -2.29. The minimum Gasteiger partial charge on any atom is -0.481 e. The van der Waals surface area contributed by atoms with E-state index in [2.05, 4.69) is 29.5 Å². The predicted molar refractivity (Wildman–Crippen MR) is 70.2 cm³/mol. The van der Waals surface area contributed by atoms with Crippen molar-refractivity contribution in [3.63, 3.8) is 0 Å². The quantitative estimate of drug-likeness (QED) is 0.671. The third-order valence-corrected chi connectivity index (χ3v) is 2.39. The molecular formula is C13H23N3O. The zero-order chi connectivity index (χ0) is 12.5. The Morgan fingerprint density at radius 2 is 2.06 bits per heavy atom. The zero-order valence-corrected chi connectivity index (χ0v) is 11.0. The predicted octanol–water partition coefficient (Wildman–Crippen LogP) is 1.43. The van der Waals surface area contributed by atoms with E-state index < -0.39 is 0 Å². The van der Waals surface area contributed by atoms with Gasteiger partial charge in [-0.1, -0.05) is 19.9 Å². The second-order valence-electron chi connectivity index (χ2n) is 4.45.